The summed E-state index contributed by atoms with van der Waals surface area (Å²) in [6.45, 7) is 0. The summed E-state index contributed by atoms with van der Waals surface area (Å²) in [5.41, 5.74) is 0. The van der Waals surface area contributed by atoms with Gasteiger partial charge in [-0.1, -0.05) is 30.4 Å². The number of hydrogen-bond acceptors (Lipinski definition) is 0. The van der Waals surface area contributed by atoms with Gasteiger partial charge in [-0.05, 0) is 25.3 Å². The van der Waals surface area contributed by atoms with Crippen LogP contribution in [0.15, 0.2) is 30.4 Å². The largest absolute Gasteiger partial charge is 0.0845 e. The van der Waals surface area contributed by atoms with Gasteiger partial charge in [0.15, 0.2) is 0 Å². The average Bonchev–Trinajstić information content (AvgIpc) is 2.00. The standard InChI is InChI=1S/C9H11/c1-2-4-6-8-9-7-5-3-1/h1-4,8H,5,7,9H2/b3-1-,4-2-,8-6?. The Bertz CT molecular complexity index is 122. The molecule has 47 valence electrons. The Morgan fingerprint density at radius 3 is 3.11 bits per heavy atom. The zero-order chi connectivity index (χ0) is 6.36. The average molecular weight is 119 g/mol. The van der Waals surface area contributed by atoms with Crippen LogP contribution >= 0.6 is 0 Å². The van der Waals surface area contributed by atoms with Gasteiger partial charge in [0.2, 0.25) is 0 Å². The van der Waals surface area contributed by atoms with Crippen molar-refractivity contribution in [3.63, 3.8) is 0 Å². The highest BCUT2D eigenvalue weighted by atomic mass is 13.9. The third-order valence-corrected chi connectivity index (χ3v) is 1.28. The number of rotatable bonds is 0. The first-order valence-electron chi connectivity index (χ1n) is 3.39. The molecule has 0 aromatic carbocycles. The lowest BCUT2D eigenvalue weighted by atomic mass is 10.2. The van der Waals surface area contributed by atoms with Crippen molar-refractivity contribution >= 4 is 0 Å². The van der Waals surface area contributed by atoms with Crippen molar-refractivity contribution in [3.8, 4) is 0 Å². The van der Waals surface area contributed by atoms with Crippen LogP contribution in [0.2, 0.25) is 0 Å². The molecule has 0 aromatic rings. The van der Waals surface area contributed by atoms with Crippen LogP contribution < -0.4 is 0 Å². The summed E-state index contributed by atoms with van der Waals surface area (Å²) >= 11 is 0. The smallest absolute Gasteiger partial charge is 0.0227 e. The second-order valence-corrected chi connectivity index (χ2v) is 2.09. The first-order chi connectivity index (χ1) is 4.50. The van der Waals surface area contributed by atoms with Crippen molar-refractivity contribution in [2.45, 2.75) is 19.3 Å². The van der Waals surface area contributed by atoms with Crippen LogP contribution in [0.1, 0.15) is 19.3 Å². The molecule has 0 aromatic heterocycles. The van der Waals surface area contributed by atoms with Crippen LogP contribution in [-0.4, -0.2) is 0 Å². The summed E-state index contributed by atoms with van der Waals surface area (Å²) in [4.78, 5) is 0. The highest BCUT2D eigenvalue weighted by Gasteiger charge is 1.80. The fourth-order valence-corrected chi connectivity index (χ4v) is 0.775. The van der Waals surface area contributed by atoms with Gasteiger partial charge in [-0.15, -0.1) is 0 Å². The van der Waals surface area contributed by atoms with E-state index < -0.39 is 0 Å². The fraction of sp³-hybridized carbons (Fsp3) is 0.333. The maximum absolute atomic E-state index is 3.07. The lowest BCUT2D eigenvalue weighted by molar-refractivity contribution is 0.868. The van der Waals surface area contributed by atoms with E-state index >= 15 is 0 Å². The van der Waals surface area contributed by atoms with Crippen molar-refractivity contribution < 1.29 is 0 Å². The molecule has 0 heterocycles. The summed E-state index contributed by atoms with van der Waals surface area (Å²) in [6, 6.07) is 0. The van der Waals surface area contributed by atoms with Crippen LogP contribution in [0.4, 0.5) is 0 Å². The van der Waals surface area contributed by atoms with Gasteiger partial charge < -0.3 is 0 Å². The van der Waals surface area contributed by atoms with Crippen molar-refractivity contribution in [3.05, 3.63) is 36.5 Å². The van der Waals surface area contributed by atoms with E-state index in [1.165, 1.54) is 12.8 Å². The van der Waals surface area contributed by atoms with Crippen molar-refractivity contribution in [2.24, 2.45) is 0 Å². The predicted octanol–water partition coefficient (Wildman–Crippen LogP) is 2.64. The van der Waals surface area contributed by atoms with Gasteiger partial charge in [-0.2, -0.15) is 0 Å². The van der Waals surface area contributed by atoms with Gasteiger partial charge in [0.05, 0.1) is 0 Å². The maximum atomic E-state index is 3.07. The van der Waals surface area contributed by atoms with E-state index in [2.05, 4.69) is 24.3 Å². The highest BCUT2D eigenvalue weighted by molar-refractivity contribution is 5.08. The Hall–Kier alpha value is -0.780. The first kappa shape index (κ1) is 6.34. The lowest BCUT2D eigenvalue weighted by Gasteiger charge is -1.85. The summed E-state index contributed by atoms with van der Waals surface area (Å²) in [5, 5.41) is 0. The molecular formula is C9H11. The zero-order valence-corrected chi connectivity index (χ0v) is 5.51. The van der Waals surface area contributed by atoms with Gasteiger partial charge in [0.25, 0.3) is 0 Å². The molecule has 0 saturated carbocycles. The quantitative estimate of drug-likeness (QED) is 0.460. The van der Waals surface area contributed by atoms with Gasteiger partial charge in [-0.3, -0.25) is 0 Å². The molecule has 0 saturated heterocycles. The molecule has 0 nitrogen and oxygen atoms in total. The summed E-state index contributed by atoms with van der Waals surface area (Å²) < 4.78 is 0. The monoisotopic (exact) mass is 119 g/mol. The van der Waals surface area contributed by atoms with E-state index in [1.807, 2.05) is 12.2 Å². The van der Waals surface area contributed by atoms with Crippen LogP contribution in [-0.2, 0) is 0 Å². The SMILES string of the molecule is [C]1=C/CCC\C=C/C=C\1. The summed E-state index contributed by atoms with van der Waals surface area (Å²) in [7, 11) is 0. The molecule has 0 aliphatic heterocycles. The van der Waals surface area contributed by atoms with E-state index in [9.17, 15) is 0 Å². The molecule has 1 radical (unpaired) electrons. The van der Waals surface area contributed by atoms with Gasteiger partial charge >= 0.3 is 0 Å². The Balaban J connectivity index is 2.45. The topological polar surface area (TPSA) is 0 Å². The Morgan fingerprint density at radius 2 is 2.11 bits per heavy atom. The minimum Gasteiger partial charge on any atom is -0.0845 e. The third-order valence-electron chi connectivity index (χ3n) is 1.28. The van der Waals surface area contributed by atoms with Crippen molar-refractivity contribution in [1.82, 2.24) is 0 Å². The maximum Gasteiger partial charge on any atom is -0.0227 e. The van der Waals surface area contributed by atoms with Crippen molar-refractivity contribution in [1.29, 1.82) is 0 Å². The van der Waals surface area contributed by atoms with E-state index in [4.69, 9.17) is 0 Å². The Morgan fingerprint density at radius 1 is 1.11 bits per heavy atom. The molecule has 0 amide bonds. The molecule has 0 heteroatoms. The van der Waals surface area contributed by atoms with Crippen LogP contribution in [0.5, 0.6) is 0 Å². The summed E-state index contributed by atoms with van der Waals surface area (Å²) in [6.07, 6.45) is 17.0. The number of hydrogen-bond donors (Lipinski definition) is 0. The first-order valence-corrected chi connectivity index (χ1v) is 3.39. The second-order valence-electron chi connectivity index (χ2n) is 2.09. The van der Waals surface area contributed by atoms with Gasteiger partial charge in [0.1, 0.15) is 0 Å². The molecule has 1 aliphatic carbocycles. The molecule has 0 spiro atoms. The molecule has 0 fully saturated rings. The van der Waals surface area contributed by atoms with E-state index in [1.54, 1.807) is 0 Å². The third kappa shape index (κ3) is 2.91. The minimum absolute atomic E-state index is 1.16. The molecule has 0 N–H and O–H groups in total. The van der Waals surface area contributed by atoms with E-state index in [0.29, 0.717) is 0 Å². The molecular weight excluding hydrogens is 108 g/mol. The number of allylic oxidation sites excluding steroid dienone is 6. The minimum atomic E-state index is 1.16. The Kier molecular flexibility index (Phi) is 2.91. The van der Waals surface area contributed by atoms with Gasteiger partial charge in [0, 0.05) is 0 Å². The van der Waals surface area contributed by atoms with Crippen LogP contribution in [0.25, 0.3) is 0 Å². The zero-order valence-electron chi connectivity index (χ0n) is 5.51. The molecule has 1 aliphatic rings. The molecule has 1 rings (SSSR count). The lowest BCUT2D eigenvalue weighted by Crippen LogP contribution is -1.66. The van der Waals surface area contributed by atoms with Gasteiger partial charge in [-0.25, -0.2) is 0 Å². The summed E-state index contributed by atoms with van der Waals surface area (Å²) in [5.74, 6) is 0. The fourth-order valence-electron chi connectivity index (χ4n) is 0.775. The molecule has 9 heavy (non-hydrogen) atoms. The second kappa shape index (κ2) is 4.13. The normalized spacial score (nSPS) is 29.3. The van der Waals surface area contributed by atoms with E-state index in [-0.39, 0.29) is 0 Å². The molecule has 0 unspecified atom stereocenters. The molecule has 0 bridgehead atoms. The van der Waals surface area contributed by atoms with Crippen molar-refractivity contribution in [2.75, 3.05) is 0 Å². The van der Waals surface area contributed by atoms with E-state index in [0.717, 1.165) is 6.42 Å². The Labute approximate surface area is 56.6 Å². The predicted molar refractivity (Wildman–Crippen MR) is 39.9 cm³/mol. The van der Waals surface area contributed by atoms with Crippen LogP contribution in [0, 0.1) is 6.08 Å². The van der Waals surface area contributed by atoms with Crippen LogP contribution in [0.3, 0.4) is 0 Å². The highest BCUT2D eigenvalue weighted by Crippen LogP contribution is 1.99. The molecule has 0 atom stereocenters.